The minimum absolute atomic E-state index is 0.0370. The number of rotatable bonds is 2. The zero-order chi connectivity index (χ0) is 12.3. The normalized spacial score (nSPS) is 21.5. The van der Waals surface area contributed by atoms with Crippen molar-refractivity contribution in [3.8, 4) is 0 Å². The quantitative estimate of drug-likeness (QED) is 0.764. The molecule has 1 saturated heterocycles. The van der Waals surface area contributed by atoms with Gasteiger partial charge in [0.05, 0.1) is 5.92 Å². The lowest BCUT2D eigenvalue weighted by atomic mass is 9.93. The van der Waals surface area contributed by atoms with Crippen LogP contribution in [-0.4, -0.2) is 36.9 Å². The van der Waals surface area contributed by atoms with E-state index in [9.17, 15) is 9.59 Å². The number of carbonyl (C=O) groups excluding carboxylic acids is 2. The van der Waals surface area contributed by atoms with E-state index in [2.05, 4.69) is 26.1 Å². The van der Waals surface area contributed by atoms with E-state index < -0.39 is 0 Å². The van der Waals surface area contributed by atoms with Crippen LogP contribution in [0.1, 0.15) is 33.6 Å². The standard InChI is InChI=1S/C12H22N2O2/c1-12(2,3)8-14(4)11(16)9-5-6-10(15)13-7-9/h9H,5-8H2,1-4H3,(H,13,15). The number of amides is 2. The van der Waals surface area contributed by atoms with Crippen molar-refractivity contribution in [2.24, 2.45) is 11.3 Å². The van der Waals surface area contributed by atoms with Crippen LogP contribution in [0.25, 0.3) is 0 Å². The number of hydrogen-bond acceptors (Lipinski definition) is 2. The summed E-state index contributed by atoms with van der Waals surface area (Å²) in [5, 5.41) is 2.74. The van der Waals surface area contributed by atoms with E-state index in [0.29, 0.717) is 19.4 Å². The van der Waals surface area contributed by atoms with Crippen LogP contribution in [0.15, 0.2) is 0 Å². The van der Waals surface area contributed by atoms with Gasteiger partial charge in [-0.2, -0.15) is 0 Å². The molecule has 1 aliphatic rings. The van der Waals surface area contributed by atoms with Crippen LogP contribution >= 0.6 is 0 Å². The summed E-state index contributed by atoms with van der Waals surface area (Å²) >= 11 is 0. The van der Waals surface area contributed by atoms with Crippen LogP contribution in [0, 0.1) is 11.3 Å². The van der Waals surface area contributed by atoms with E-state index in [1.54, 1.807) is 4.90 Å². The van der Waals surface area contributed by atoms with Crippen LogP contribution in [0.5, 0.6) is 0 Å². The molecule has 1 rings (SSSR count). The van der Waals surface area contributed by atoms with Gasteiger partial charge in [-0.25, -0.2) is 0 Å². The second-order valence-electron chi connectivity index (χ2n) is 5.79. The third-order valence-corrected chi connectivity index (χ3v) is 2.70. The lowest BCUT2D eigenvalue weighted by molar-refractivity contribution is -0.137. The molecule has 0 aromatic carbocycles. The molecule has 4 heteroatoms. The van der Waals surface area contributed by atoms with Gasteiger partial charge in [0.15, 0.2) is 0 Å². The second-order valence-corrected chi connectivity index (χ2v) is 5.79. The van der Waals surface area contributed by atoms with Crippen molar-refractivity contribution in [1.82, 2.24) is 10.2 Å². The Bertz CT molecular complexity index is 271. The zero-order valence-corrected chi connectivity index (χ0v) is 10.7. The lowest BCUT2D eigenvalue weighted by Crippen LogP contribution is -2.45. The summed E-state index contributed by atoms with van der Waals surface area (Å²) in [4.78, 5) is 24.8. The van der Waals surface area contributed by atoms with Gasteiger partial charge in [-0.15, -0.1) is 0 Å². The van der Waals surface area contributed by atoms with Gasteiger partial charge in [0, 0.05) is 26.6 Å². The molecule has 4 nitrogen and oxygen atoms in total. The Kier molecular flexibility index (Phi) is 3.94. The highest BCUT2D eigenvalue weighted by molar-refractivity contribution is 5.83. The molecule has 0 aromatic rings. The minimum Gasteiger partial charge on any atom is -0.355 e. The Morgan fingerprint density at radius 2 is 2.12 bits per heavy atom. The number of carbonyl (C=O) groups is 2. The summed E-state index contributed by atoms with van der Waals surface area (Å²) in [5.41, 5.74) is 0.113. The molecule has 1 unspecified atom stereocenters. The lowest BCUT2D eigenvalue weighted by Gasteiger charge is -2.31. The predicted molar refractivity (Wildman–Crippen MR) is 62.8 cm³/mol. The van der Waals surface area contributed by atoms with Crippen LogP contribution in [0.3, 0.4) is 0 Å². The Hall–Kier alpha value is -1.06. The second kappa shape index (κ2) is 4.85. The average molecular weight is 226 g/mol. The minimum atomic E-state index is -0.0370. The first-order valence-electron chi connectivity index (χ1n) is 5.81. The van der Waals surface area contributed by atoms with E-state index in [0.717, 1.165) is 6.54 Å². The summed E-state index contributed by atoms with van der Waals surface area (Å²) in [5.74, 6) is 0.169. The molecule has 0 bridgehead atoms. The predicted octanol–water partition coefficient (Wildman–Crippen LogP) is 1.02. The van der Waals surface area contributed by atoms with Gasteiger partial charge >= 0.3 is 0 Å². The van der Waals surface area contributed by atoms with Crippen molar-refractivity contribution in [3.63, 3.8) is 0 Å². The third-order valence-electron chi connectivity index (χ3n) is 2.70. The molecule has 1 N–H and O–H groups in total. The van der Waals surface area contributed by atoms with Crippen molar-refractivity contribution in [3.05, 3.63) is 0 Å². The highest BCUT2D eigenvalue weighted by Gasteiger charge is 2.28. The highest BCUT2D eigenvalue weighted by Crippen LogP contribution is 2.18. The molecule has 1 heterocycles. The fourth-order valence-corrected chi connectivity index (χ4v) is 2.04. The first-order valence-corrected chi connectivity index (χ1v) is 5.81. The van der Waals surface area contributed by atoms with Crippen molar-refractivity contribution in [1.29, 1.82) is 0 Å². The summed E-state index contributed by atoms with van der Waals surface area (Å²) in [7, 11) is 1.84. The maximum absolute atomic E-state index is 12.1. The molecular formula is C12H22N2O2. The maximum Gasteiger partial charge on any atom is 0.227 e. The Morgan fingerprint density at radius 3 is 2.56 bits per heavy atom. The molecule has 16 heavy (non-hydrogen) atoms. The molecule has 2 amide bonds. The molecule has 92 valence electrons. The van der Waals surface area contributed by atoms with E-state index in [1.807, 2.05) is 7.05 Å². The van der Waals surface area contributed by atoms with Gasteiger partial charge < -0.3 is 10.2 Å². The monoisotopic (exact) mass is 226 g/mol. The van der Waals surface area contributed by atoms with Crippen molar-refractivity contribution < 1.29 is 9.59 Å². The largest absolute Gasteiger partial charge is 0.355 e. The summed E-state index contributed by atoms with van der Waals surface area (Å²) in [6, 6.07) is 0. The molecule has 1 atom stereocenters. The van der Waals surface area contributed by atoms with Gasteiger partial charge in [-0.05, 0) is 11.8 Å². The van der Waals surface area contributed by atoms with Crippen LogP contribution in [0.4, 0.5) is 0 Å². The Balaban J connectivity index is 2.48. The number of nitrogens with zero attached hydrogens (tertiary/aromatic N) is 1. The van der Waals surface area contributed by atoms with E-state index in [4.69, 9.17) is 0 Å². The molecule has 1 fully saturated rings. The smallest absolute Gasteiger partial charge is 0.227 e. The maximum atomic E-state index is 12.1. The number of piperidine rings is 1. The molecule has 0 aliphatic carbocycles. The summed E-state index contributed by atoms with van der Waals surface area (Å²) < 4.78 is 0. The first-order chi connectivity index (χ1) is 7.29. The van der Waals surface area contributed by atoms with Crippen LogP contribution < -0.4 is 5.32 Å². The molecule has 0 spiro atoms. The van der Waals surface area contributed by atoms with Gasteiger partial charge in [0.2, 0.25) is 11.8 Å². The zero-order valence-electron chi connectivity index (χ0n) is 10.7. The van der Waals surface area contributed by atoms with E-state index in [1.165, 1.54) is 0 Å². The first kappa shape index (κ1) is 13.0. The van der Waals surface area contributed by atoms with Crippen molar-refractivity contribution in [2.75, 3.05) is 20.1 Å². The molecule has 1 aliphatic heterocycles. The average Bonchev–Trinajstić information content (AvgIpc) is 2.15. The highest BCUT2D eigenvalue weighted by atomic mass is 16.2. The molecule has 0 radical (unpaired) electrons. The van der Waals surface area contributed by atoms with Gasteiger partial charge in [-0.3, -0.25) is 9.59 Å². The van der Waals surface area contributed by atoms with Gasteiger partial charge in [0.25, 0.3) is 0 Å². The topological polar surface area (TPSA) is 49.4 Å². The Morgan fingerprint density at radius 1 is 1.50 bits per heavy atom. The fourth-order valence-electron chi connectivity index (χ4n) is 2.04. The summed E-state index contributed by atoms with van der Waals surface area (Å²) in [6.07, 6.45) is 1.15. The van der Waals surface area contributed by atoms with Gasteiger partial charge in [0.1, 0.15) is 0 Å². The van der Waals surface area contributed by atoms with Crippen molar-refractivity contribution in [2.45, 2.75) is 33.6 Å². The van der Waals surface area contributed by atoms with Crippen molar-refractivity contribution >= 4 is 11.8 Å². The van der Waals surface area contributed by atoms with Crippen LogP contribution in [-0.2, 0) is 9.59 Å². The fraction of sp³-hybridized carbons (Fsp3) is 0.833. The third kappa shape index (κ3) is 3.83. The van der Waals surface area contributed by atoms with E-state index >= 15 is 0 Å². The van der Waals surface area contributed by atoms with E-state index in [-0.39, 0.29) is 23.1 Å². The van der Waals surface area contributed by atoms with Crippen LogP contribution in [0.2, 0.25) is 0 Å². The summed E-state index contributed by atoms with van der Waals surface area (Å²) in [6.45, 7) is 7.57. The number of hydrogen-bond donors (Lipinski definition) is 1. The molecule has 0 saturated carbocycles. The Labute approximate surface area is 97.4 Å². The number of nitrogens with one attached hydrogen (secondary N) is 1. The van der Waals surface area contributed by atoms with Gasteiger partial charge in [-0.1, -0.05) is 20.8 Å². The molecular weight excluding hydrogens is 204 g/mol. The SMILES string of the molecule is CN(CC(C)(C)C)C(=O)C1CCC(=O)NC1. The molecule has 0 aromatic heterocycles.